The highest BCUT2D eigenvalue weighted by molar-refractivity contribution is 5.94. The largest absolute Gasteiger partial charge is 0.497 e. The van der Waals surface area contributed by atoms with Crippen molar-refractivity contribution in [3.05, 3.63) is 54.1 Å². The molecule has 27 heavy (non-hydrogen) atoms. The average Bonchev–Trinajstić information content (AvgIpc) is 2.66. The van der Waals surface area contributed by atoms with Gasteiger partial charge in [0.15, 0.2) is 6.61 Å². The number of methoxy groups -OCH3 is 1. The molecule has 6 nitrogen and oxygen atoms in total. The predicted octanol–water partition coefficient (Wildman–Crippen LogP) is 3.49. The second kappa shape index (κ2) is 9.62. The van der Waals surface area contributed by atoms with Gasteiger partial charge in [-0.25, -0.2) is 0 Å². The summed E-state index contributed by atoms with van der Waals surface area (Å²) in [5, 5.41) is 5.69. The second-order valence-electron chi connectivity index (χ2n) is 6.60. The highest BCUT2D eigenvalue weighted by atomic mass is 16.5. The maximum atomic E-state index is 12.2. The lowest BCUT2D eigenvalue weighted by atomic mass is 10.1. The third-order valence-corrected chi connectivity index (χ3v) is 4.20. The van der Waals surface area contributed by atoms with Crippen LogP contribution in [-0.2, 0) is 4.79 Å². The minimum Gasteiger partial charge on any atom is -0.497 e. The Labute approximate surface area is 159 Å². The number of nitrogens with one attached hydrogen (secondary N) is 2. The molecule has 2 aromatic carbocycles. The summed E-state index contributed by atoms with van der Waals surface area (Å²) in [4.78, 5) is 24.2. The van der Waals surface area contributed by atoms with E-state index in [9.17, 15) is 9.59 Å². The molecule has 0 aliphatic rings. The van der Waals surface area contributed by atoms with E-state index in [1.165, 1.54) is 0 Å². The average molecular weight is 370 g/mol. The Balaban J connectivity index is 1.85. The number of benzene rings is 2. The van der Waals surface area contributed by atoms with Crippen LogP contribution in [0.25, 0.3) is 0 Å². The monoisotopic (exact) mass is 370 g/mol. The fourth-order valence-corrected chi connectivity index (χ4v) is 2.21. The minimum absolute atomic E-state index is 0.0914. The molecule has 0 fully saturated rings. The Morgan fingerprint density at radius 1 is 1.00 bits per heavy atom. The summed E-state index contributed by atoms with van der Waals surface area (Å²) in [6.45, 7) is 5.95. The maximum Gasteiger partial charge on any atom is 0.262 e. The van der Waals surface area contributed by atoms with E-state index < -0.39 is 0 Å². The number of hydrogen-bond acceptors (Lipinski definition) is 4. The van der Waals surface area contributed by atoms with Crippen LogP contribution >= 0.6 is 0 Å². The van der Waals surface area contributed by atoms with Crippen LogP contribution in [0, 0.1) is 5.92 Å². The van der Waals surface area contributed by atoms with Gasteiger partial charge < -0.3 is 20.1 Å². The highest BCUT2D eigenvalue weighted by Gasteiger charge is 2.12. The van der Waals surface area contributed by atoms with Gasteiger partial charge in [0, 0.05) is 23.4 Å². The zero-order valence-electron chi connectivity index (χ0n) is 16.1. The van der Waals surface area contributed by atoms with Crippen LogP contribution in [0.3, 0.4) is 0 Å². The van der Waals surface area contributed by atoms with Crippen LogP contribution in [0.2, 0.25) is 0 Å². The van der Waals surface area contributed by atoms with Crippen molar-refractivity contribution in [1.29, 1.82) is 0 Å². The van der Waals surface area contributed by atoms with Crippen molar-refractivity contribution in [2.24, 2.45) is 5.92 Å². The molecule has 6 heteroatoms. The van der Waals surface area contributed by atoms with E-state index in [4.69, 9.17) is 9.47 Å². The van der Waals surface area contributed by atoms with Crippen LogP contribution in [0.15, 0.2) is 48.5 Å². The first-order valence-corrected chi connectivity index (χ1v) is 8.86. The van der Waals surface area contributed by atoms with Crippen molar-refractivity contribution in [3.63, 3.8) is 0 Å². The summed E-state index contributed by atoms with van der Waals surface area (Å²) in [6, 6.07) is 13.9. The van der Waals surface area contributed by atoms with E-state index in [0.717, 1.165) is 0 Å². The predicted molar refractivity (Wildman–Crippen MR) is 105 cm³/mol. The molecule has 0 aliphatic carbocycles. The number of hydrogen-bond donors (Lipinski definition) is 2. The number of rotatable bonds is 8. The van der Waals surface area contributed by atoms with Gasteiger partial charge in [-0.3, -0.25) is 9.59 Å². The molecule has 0 saturated heterocycles. The topological polar surface area (TPSA) is 76.7 Å². The lowest BCUT2D eigenvalue weighted by Gasteiger charge is -2.17. The SMILES string of the molecule is COc1cccc(NC(=O)COc2ccc(C(=O)NC(C)C(C)C)cc2)c1. The first-order valence-electron chi connectivity index (χ1n) is 8.86. The molecule has 2 amide bonds. The molecule has 2 aromatic rings. The highest BCUT2D eigenvalue weighted by Crippen LogP contribution is 2.17. The van der Waals surface area contributed by atoms with Gasteiger partial charge in [0.05, 0.1) is 7.11 Å². The van der Waals surface area contributed by atoms with Gasteiger partial charge >= 0.3 is 0 Å². The molecule has 2 rings (SSSR count). The van der Waals surface area contributed by atoms with Crippen molar-refractivity contribution in [1.82, 2.24) is 5.32 Å². The molecule has 144 valence electrons. The number of carbonyl (C=O) groups excluding carboxylic acids is 2. The first-order chi connectivity index (χ1) is 12.9. The van der Waals surface area contributed by atoms with E-state index in [1.807, 2.05) is 6.92 Å². The molecule has 1 unspecified atom stereocenters. The summed E-state index contributed by atoms with van der Waals surface area (Å²) in [5.74, 6) is 1.13. The van der Waals surface area contributed by atoms with Gasteiger partial charge in [-0.15, -0.1) is 0 Å². The standard InChI is InChI=1S/C21H26N2O4/c1-14(2)15(3)22-21(25)16-8-10-18(11-9-16)27-13-20(24)23-17-6-5-7-19(12-17)26-4/h5-12,14-15H,13H2,1-4H3,(H,22,25)(H,23,24). The third-order valence-electron chi connectivity index (χ3n) is 4.20. The van der Waals surface area contributed by atoms with Crippen LogP contribution in [0.4, 0.5) is 5.69 Å². The summed E-state index contributed by atoms with van der Waals surface area (Å²) in [6.07, 6.45) is 0. The fraction of sp³-hybridized carbons (Fsp3) is 0.333. The Bertz CT molecular complexity index is 772. The molecular weight excluding hydrogens is 344 g/mol. The van der Waals surface area contributed by atoms with Crippen LogP contribution in [-0.4, -0.2) is 31.6 Å². The van der Waals surface area contributed by atoms with Gasteiger partial charge in [0.1, 0.15) is 11.5 Å². The van der Waals surface area contributed by atoms with Crippen molar-refractivity contribution in [2.75, 3.05) is 19.0 Å². The molecule has 0 heterocycles. The zero-order chi connectivity index (χ0) is 19.8. The van der Waals surface area contributed by atoms with Gasteiger partial charge in [-0.1, -0.05) is 19.9 Å². The number of anilines is 1. The Kier molecular flexibility index (Phi) is 7.23. The maximum absolute atomic E-state index is 12.2. The van der Waals surface area contributed by atoms with E-state index in [-0.39, 0.29) is 24.5 Å². The van der Waals surface area contributed by atoms with Crippen molar-refractivity contribution in [2.45, 2.75) is 26.8 Å². The normalized spacial score (nSPS) is 11.6. The van der Waals surface area contributed by atoms with E-state index in [2.05, 4.69) is 24.5 Å². The van der Waals surface area contributed by atoms with E-state index in [1.54, 1.807) is 55.6 Å². The Hall–Kier alpha value is -3.02. The second-order valence-corrected chi connectivity index (χ2v) is 6.60. The van der Waals surface area contributed by atoms with Crippen molar-refractivity contribution >= 4 is 17.5 Å². The first kappa shape index (κ1) is 20.3. The molecular formula is C21H26N2O4. The molecule has 0 radical (unpaired) electrons. The minimum atomic E-state index is -0.282. The lowest BCUT2D eigenvalue weighted by molar-refractivity contribution is -0.118. The van der Waals surface area contributed by atoms with Crippen molar-refractivity contribution < 1.29 is 19.1 Å². The van der Waals surface area contributed by atoms with Crippen molar-refractivity contribution in [3.8, 4) is 11.5 Å². The fourth-order valence-electron chi connectivity index (χ4n) is 2.21. The van der Waals surface area contributed by atoms with E-state index >= 15 is 0 Å². The lowest BCUT2D eigenvalue weighted by Crippen LogP contribution is -2.36. The van der Waals surface area contributed by atoms with E-state index in [0.29, 0.717) is 28.7 Å². The molecule has 0 aliphatic heterocycles. The van der Waals surface area contributed by atoms with Crippen LogP contribution in [0.5, 0.6) is 11.5 Å². The molecule has 2 N–H and O–H groups in total. The molecule has 0 bridgehead atoms. The summed E-state index contributed by atoms with van der Waals surface area (Å²) >= 11 is 0. The summed E-state index contributed by atoms with van der Waals surface area (Å²) in [5.41, 5.74) is 1.19. The quantitative estimate of drug-likeness (QED) is 0.746. The van der Waals surface area contributed by atoms with Crippen LogP contribution in [0.1, 0.15) is 31.1 Å². The number of amides is 2. The summed E-state index contributed by atoms with van der Waals surface area (Å²) < 4.78 is 10.6. The smallest absolute Gasteiger partial charge is 0.262 e. The van der Waals surface area contributed by atoms with Gasteiger partial charge in [-0.2, -0.15) is 0 Å². The Morgan fingerprint density at radius 3 is 2.33 bits per heavy atom. The molecule has 1 atom stereocenters. The third kappa shape index (κ3) is 6.33. The number of carbonyl (C=O) groups is 2. The van der Waals surface area contributed by atoms with Gasteiger partial charge in [-0.05, 0) is 49.2 Å². The summed E-state index contributed by atoms with van der Waals surface area (Å²) in [7, 11) is 1.57. The number of ether oxygens (including phenoxy) is 2. The molecule has 0 spiro atoms. The molecule has 0 aromatic heterocycles. The van der Waals surface area contributed by atoms with Crippen LogP contribution < -0.4 is 20.1 Å². The van der Waals surface area contributed by atoms with Gasteiger partial charge in [0.25, 0.3) is 11.8 Å². The molecule has 0 saturated carbocycles. The van der Waals surface area contributed by atoms with Gasteiger partial charge in [0.2, 0.25) is 0 Å². The zero-order valence-corrected chi connectivity index (χ0v) is 16.1. The Morgan fingerprint density at radius 2 is 1.70 bits per heavy atom.